The number of carbonyl (C=O) groups is 2. The fourth-order valence-corrected chi connectivity index (χ4v) is 7.67. The Morgan fingerprint density at radius 3 is 2.45 bits per heavy atom. The molecule has 2 unspecified atom stereocenters. The molecule has 1 aromatic carbocycles. The van der Waals surface area contributed by atoms with Gasteiger partial charge < -0.3 is 9.80 Å². The quantitative estimate of drug-likeness (QED) is 0.556. The molecule has 2 aliphatic carbocycles. The summed E-state index contributed by atoms with van der Waals surface area (Å²) in [6.45, 7) is 1.15. The van der Waals surface area contributed by atoms with Crippen LogP contribution in [0, 0.1) is 11.8 Å². The van der Waals surface area contributed by atoms with Crippen LogP contribution in [-0.2, 0) is 19.8 Å². The van der Waals surface area contributed by atoms with Gasteiger partial charge in [0.05, 0.1) is 6.04 Å². The van der Waals surface area contributed by atoms with Crippen LogP contribution in [0.5, 0.6) is 0 Å². The molecule has 2 atom stereocenters. The summed E-state index contributed by atoms with van der Waals surface area (Å²) >= 11 is 0. The Morgan fingerprint density at radius 2 is 1.74 bits per heavy atom. The third-order valence-electron chi connectivity index (χ3n) is 9.36. The monoisotopic (exact) mass is 594 g/mol. The number of rotatable bonds is 5. The number of halogens is 1. The van der Waals surface area contributed by atoms with Crippen LogP contribution in [-0.4, -0.2) is 80.3 Å². The molecule has 1 N–H and O–H groups in total. The van der Waals surface area contributed by atoms with Crippen LogP contribution in [0.4, 0.5) is 4.39 Å². The van der Waals surface area contributed by atoms with Crippen LogP contribution in [0.3, 0.4) is 0 Å². The fraction of sp³-hybridized carbons (Fsp3) is 0.500. The summed E-state index contributed by atoms with van der Waals surface area (Å²) in [6.07, 6.45) is 13.2. The van der Waals surface area contributed by atoms with E-state index in [4.69, 9.17) is 0 Å². The summed E-state index contributed by atoms with van der Waals surface area (Å²) < 4.78 is 41.9. The van der Waals surface area contributed by atoms with Crippen LogP contribution >= 0.6 is 0 Å². The molecule has 0 radical (unpaired) electrons. The van der Waals surface area contributed by atoms with Gasteiger partial charge in [0.15, 0.2) is 0 Å². The molecule has 224 valence electrons. The number of hydrogen-bond acceptors (Lipinski definition) is 5. The lowest BCUT2D eigenvalue weighted by atomic mass is 9.75. The molecule has 2 fully saturated rings. The Bertz CT molecular complexity index is 1500. The van der Waals surface area contributed by atoms with E-state index in [1.54, 1.807) is 11.0 Å². The van der Waals surface area contributed by atoms with E-state index >= 15 is 0 Å². The first kappa shape index (κ1) is 28.9. The number of carbonyl (C=O) groups excluding carboxylic acids is 2. The summed E-state index contributed by atoms with van der Waals surface area (Å²) in [5.74, 6) is -0.356. The first-order chi connectivity index (χ1) is 20.1. The number of piperidine rings is 1. The first-order valence-corrected chi connectivity index (χ1v) is 16.5. The minimum absolute atomic E-state index is 0.00916. The van der Waals surface area contributed by atoms with Crippen molar-refractivity contribution in [1.82, 2.24) is 18.8 Å². The second kappa shape index (κ2) is 11.4. The van der Waals surface area contributed by atoms with Crippen molar-refractivity contribution in [3.8, 4) is 0 Å². The van der Waals surface area contributed by atoms with Crippen LogP contribution in [0.2, 0.25) is 0 Å². The maximum Gasteiger partial charge on any atom is 0.303 e. The van der Waals surface area contributed by atoms with Gasteiger partial charge in [-0.15, -0.1) is 0 Å². The molecule has 1 aromatic rings. The topological polar surface area (TPSA) is 90.0 Å². The van der Waals surface area contributed by atoms with Crippen molar-refractivity contribution < 1.29 is 22.4 Å². The van der Waals surface area contributed by atoms with Gasteiger partial charge in [-0.3, -0.25) is 9.59 Å². The number of fused-ring (bicyclic) bond motifs is 5. The van der Waals surface area contributed by atoms with Gasteiger partial charge in [0.1, 0.15) is 6.17 Å². The van der Waals surface area contributed by atoms with Gasteiger partial charge in [0.25, 0.3) is 11.8 Å². The largest absolute Gasteiger partial charge is 0.359 e. The lowest BCUT2D eigenvalue weighted by Gasteiger charge is -2.34. The average molecular weight is 595 g/mol. The molecule has 0 aromatic heterocycles. The zero-order chi connectivity index (χ0) is 29.6. The van der Waals surface area contributed by atoms with E-state index in [9.17, 15) is 22.4 Å². The number of benzene rings is 1. The molecule has 2 amide bonds. The van der Waals surface area contributed by atoms with E-state index in [1.165, 1.54) is 38.9 Å². The molecule has 5 aliphatic rings. The van der Waals surface area contributed by atoms with Gasteiger partial charge in [-0.25, -0.2) is 9.11 Å². The number of likely N-dealkylation sites (tertiary alicyclic amines) is 1. The predicted molar refractivity (Wildman–Crippen MR) is 161 cm³/mol. The number of nitrogens with zero attached hydrogens (tertiary/aromatic N) is 3. The zero-order valence-electron chi connectivity index (χ0n) is 24.3. The Hall–Kier alpha value is -3.24. The Morgan fingerprint density at radius 1 is 1.02 bits per heavy atom. The molecule has 3 aliphatic heterocycles. The summed E-state index contributed by atoms with van der Waals surface area (Å²) in [6, 6.07) is 7.92. The van der Waals surface area contributed by atoms with Crippen molar-refractivity contribution in [2.24, 2.45) is 11.8 Å². The van der Waals surface area contributed by atoms with Crippen molar-refractivity contribution in [1.29, 1.82) is 0 Å². The van der Waals surface area contributed by atoms with Gasteiger partial charge >= 0.3 is 10.2 Å². The molecular formula is C32H39FN4O4S. The summed E-state index contributed by atoms with van der Waals surface area (Å²) in [5.41, 5.74) is 5.44. The highest BCUT2D eigenvalue weighted by Gasteiger charge is 2.45. The summed E-state index contributed by atoms with van der Waals surface area (Å²) in [5, 5.41) is 0. The molecule has 10 heteroatoms. The zero-order valence-corrected chi connectivity index (χ0v) is 25.1. The molecule has 1 saturated heterocycles. The van der Waals surface area contributed by atoms with E-state index in [1.807, 2.05) is 36.4 Å². The van der Waals surface area contributed by atoms with Crippen LogP contribution in [0.1, 0.15) is 56.1 Å². The number of hydrogen-bond donors (Lipinski definition) is 1. The molecule has 8 nitrogen and oxygen atoms in total. The SMILES string of the molecule is CN(C)S(=O)(=O)NC(=O)C1=CC2C(C=C1)C(C1CCCCC1)=C1c3ccccc3C=C(C(=O)N3CCC(F)CC3)CN12. The van der Waals surface area contributed by atoms with Gasteiger partial charge in [-0.05, 0) is 54.9 Å². The highest BCUT2D eigenvalue weighted by molar-refractivity contribution is 7.87. The average Bonchev–Trinajstić information content (AvgIpc) is 3.19. The third-order valence-corrected chi connectivity index (χ3v) is 10.8. The molecule has 0 spiro atoms. The van der Waals surface area contributed by atoms with Gasteiger partial charge in [0.2, 0.25) is 0 Å². The first-order valence-electron chi connectivity index (χ1n) is 15.0. The van der Waals surface area contributed by atoms with Gasteiger partial charge in [-0.2, -0.15) is 12.7 Å². The molecule has 0 bridgehead atoms. The third kappa shape index (κ3) is 5.35. The molecule has 6 rings (SSSR count). The van der Waals surface area contributed by atoms with E-state index in [0.29, 0.717) is 44.0 Å². The minimum Gasteiger partial charge on any atom is -0.359 e. The van der Waals surface area contributed by atoms with Crippen LogP contribution in [0.25, 0.3) is 11.8 Å². The number of nitrogens with one attached hydrogen (secondary N) is 1. The standard InChI is InChI=1S/C32H39FN4O4S/c1-35(2)42(40,41)34-31(38)23-12-13-27-28(19-23)37-20-24(32(39)36-16-14-25(33)15-17-36)18-22-10-6-7-11-26(22)30(37)29(27)21-8-4-3-5-9-21/h6-7,10-13,18-19,21,25,27-28H,3-5,8-9,14-17,20H2,1-2H3,(H,34,38). The maximum atomic E-state index is 13.9. The van der Waals surface area contributed by atoms with Crippen molar-refractivity contribution in [2.75, 3.05) is 33.7 Å². The molecule has 3 heterocycles. The molecular weight excluding hydrogens is 555 g/mol. The highest BCUT2D eigenvalue weighted by Crippen LogP contribution is 2.51. The van der Waals surface area contributed by atoms with Crippen molar-refractivity contribution >= 4 is 33.8 Å². The van der Waals surface area contributed by atoms with Gasteiger partial charge in [0, 0.05) is 62.1 Å². The summed E-state index contributed by atoms with van der Waals surface area (Å²) in [4.78, 5) is 31.0. The van der Waals surface area contributed by atoms with E-state index < -0.39 is 22.3 Å². The van der Waals surface area contributed by atoms with Crippen LogP contribution < -0.4 is 4.72 Å². The van der Waals surface area contributed by atoms with E-state index in [-0.39, 0.29) is 23.4 Å². The van der Waals surface area contributed by atoms with Crippen LogP contribution in [0.15, 0.2) is 59.2 Å². The normalized spacial score (nSPS) is 25.0. The number of amides is 2. The minimum atomic E-state index is -3.95. The van der Waals surface area contributed by atoms with E-state index in [0.717, 1.165) is 34.0 Å². The molecule has 1 saturated carbocycles. The summed E-state index contributed by atoms with van der Waals surface area (Å²) in [7, 11) is -1.21. The lowest BCUT2D eigenvalue weighted by molar-refractivity contribution is -0.128. The lowest BCUT2D eigenvalue weighted by Crippen LogP contribution is -2.43. The smallest absolute Gasteiger partial charge is 0.303 e. The Kier molecular flexibility index (Phi) is 7.87. The van der Waals surface area contributed by atoms with Crippen molar-refractivity contribution in [3.63, 3.8) is 0 Å². The number of alkyl halides is 1. The fourth-order valence-electron chi connectivity index (χ4n) is 7.14. The second-order valence-corrected chi connectivity index (χ2v) is 14.1. The molecule has 42 heavy (non-hydrogen) atoms. The predicted octanol–water partition coefficient (Wildman–Crippen LogP) is 4.05. The van der Waals surface area contributed by atoms with Crippen molar-refractivity contribution in [2.45, 2.75) is 57.2 Å². The van der Waals surface area contributed by atoms with Gasteiger partial charge in [-0.1, -0.05) is 55.7 Å². The second-order valence-electron chi connectivity index (χ2n) is 12.2. The maximum absolute atomic E-state index is 13.9. The Balaban J connectivity index is 1.42. The Labute approximate surface area is 247 Å². The van der Waals surface area contributed by atoms with Crippen molar-refractivity contribution in [3.05, 3.63) is 70.3 Å². The van der Waals surface area contributed by atoms with E-state index in [2.05, 4.69) is 15.7 Å². The highest BCUT2D eigenvalue weighted by atomic mass is 32.2.